The van der Waals surface area contributed by atoms with Gasteiger partial charge in [0.2, 0.25) is 5.91 Å². The van der Waals surface area contributed by atoms with E-state index in [1.807, 2.05) is 13.0 Å². The third kappa shape index (κ3) is 2.66. The highest BCUT2D eigenvalue weighted by Crippen LogP contribution is 2.45. The van der Waals surface area contributed by atoms with E-state index in [-0.39, 0.29) is 36.3 Å². The van der Waals surface area contributed by atoms with Crippen molar-refractivity contribution in [1.29, 1.82) is 0 Å². The summed E-state index contributed by atoms with van der Waals surface area (Å²) in [6.07, 6.45) is 3.44. The zero-order valence-corrected chi connectivity index (χ0v) is 13.9. The monoisotopic (exact) mass is 336 g/mol. The zero-order valence-electron chi connectivity index (χ0n) is 13.9. The van der Waals surface area contributed by atoms with Crippen LogP contribution < -0.4 is 5.32 Å². The second-order valence-corrected chi connectivity index (χ2v) is 6.96. The number of carboxylic acids is 1. The number of carboxylic acid groups (broad SMARTS) is 1. The predicted molar refractivity (Wildman–Crippen MR) is 85.9 cm³/mol. The second-order valence-electron chi connectivity index (χ2n) is 6.96. The Morgan fingerprint density at radius 1 is 1.46 bits per heavy atom. The molecule has 3 rings (SSSR count). The van der Waals surface area contributed by atoms with Crippen LogP contribution in [0.5, 0.6) is 0 Å². The van der Waals surface area contributed by atoms with Gasteiger partial charge in [-0.2, -0.15) is 0 Å². The molecule has 0 aromatic rings. The molecule has 0 spiro atoms. The molecule has 132 valence electrons. The van der Waals surface area contributed by atoms with Gasteiger partial charge in [-0.15, -0.1) is 0 Å². The largest absolute Gasteiger partial charge is 0.477 e. The third-order valence-corrected chi connectivity index (χ3v) is 5.35. The van der Waals surface area contributed by atoms with Crippen molar-refractivity contribution in [1.82, 2.24) is 10.2 Å². The Morgan fingerprint density at radius 2 is 2.17 bits per heavy atom. The Labute approximate surface area is 140 Å². The lowest BCUT2D eigenvalue weighted by atomic mass is 9.82. The second kappa shape index (κ2) is 6.31. The van der Waals surface area contributed by atoms with Crippen molar-refractivity contribution < 1.29 is 24.9 Å². The molecule has 4 N–H and O–H groups in total. The van der Waals surface area contributed by atoms with Gasteiger partial charge in [-0.05, 0) is 44.3 Å². The van der Waals surface area contributed by atoms with Gasteiger partial charge in [-0.25, -0.2) is 4.79 Å². The van der Waals surface area contributed by atoms with Crippen molar-refractivity contribution in [3.63, 3.8) is 0 Å². The number of hydrogen-bond donors (Lipinski definition) is 4. The number of carbonyl (C=O) groups excluding carboxylic acids is 1. The van der Waals surface area contributed by atoms with Gasteiger partial charge in [0.25, 0.3) is 0 Å². The first kappa shape index (κ1) is 17.1. The van der Waals surface area contributed by atoms with Crippen molar-refractivity contribution in [2.24, 2.45) is 5.92 Å². The van der Waals surface area contributed by atoms with Gasteiger partial charge in [-0.3, -0.25) is 4.79 Å². The summed E-state index contributed by atoms with van der Waals surface area (Å²) in [6.45, 7) is 3.52. The number of aliphatic carboxylic acids is 1. The first-order valence-corrected chi connectivity index (χ1v) is 8.38. The lowest BCUT2D eigenvalue weighted by molar-refractivity contribution is -0.161. The number of nitrogens with zero attached hydrogens (tertiary/aromatic N) is 1. The maximum absolute atomic E-state index is 12.2. The molecular formula is C17H24N2O5. The topological polar surface area (TPSA) is 110 Å². The molecule has 2 unspecified atom stereocenters. The van der Waals surface area contributed by atoms with Crippen LogP contribution in [0.1, 0.15) is 33.1 Å². The van der Waals surface area contributed by atoms with E-state index in [1.165, 1.54) is 4.90 Å². The molecule has 2 fully saturated rings. The van der Waals surface area contributed by atoms with Crippen LogP contribution in [0.25, 0.3) is 0 Å². The minimum Gasteiger partial charge on any atom is -0.477 e. The number of nitrogens with one attached hydrogen (secondary N) is 1. The highest BCUT2D eigenvalue weighted by atomic mass is 16.4. The van der Waals surface area contributed by atoms with Crippen LogP contribution in [0.4, 0.5) is 0 Å². The van der Waals surface area contributed by atoms with Gasteiger partial charge in [-0.1, -0.05) is 6.08 Å². The van der Waals surface area contributed by atoms with Crippen molar-refractivity contribution in [2.75, 3.05) is 6.61 Å². The van der Waals surface area contributed by atoms with E-state index >= 15 is 0 Å². The average Bonchev–Trinajstić information content (AvgIpc) is 3.08. The van der Waals surface area contributed by atoms with Gasteiger partial charge >= 0.3 is 5.97 Å². The lowest BCUT2D eigenvalue weighted by Gasteiger charge is -2.44. The summed E-state index contributed by atoms with van der Waals surface area (Å²) in [7, 11) is 0. The van der Waals surface area contributed by atoms with E-state index < -0.39 is 18.0 Å². The highest BCUT2D eigenvalue weighted by molar-refractivity contribution is 6.00. The molecule has 0 aromatic carbocycles. The normalized spacial score (nSPS) is 34.4. The molecular weight excluding hydrogens is 312 g/mol. The average molecular weight is 336 g/mol. The molecule has 3 heterocycles. The number of aliphatic hydroxyl groups excluding tert-OH is 2. The quantitative estimate of drug-likeness (QED) is 0.526. The van der Waals surface area contributed by atoms with Crippen molar-refractivity contribution in [3.8, 4) is 0 Å². The number of aliphatic hydroxyl groups is 2. The zero-order chi connectivity index (χ0) is 17.6. The van der Waals surface area contributed by atoms with E-state index in [0.29, 0.717) is 12.0 Å². The molecule has 7 heteroatoms. The summed E-state index contributed by atoms with van der Waals surface area (Å²) in [6, 6.07) is -0.0819. The SMILES string of the molecule is C/C(=C\C1CCC(CO)N1)C1=C(C(=O)O)N2C(=O)[C@H]([C@@H](C)O)[C@H]2C1. The number of hydrogen-bond acceptors (Lipinski definition) is 5. The molecule has 0 radical (unpaired) electrons. The van der Waals surface area contributed by atoms with Gasteiger partial charge in [0, 0.05) is 12.1 Å². The number of carbonyl (C=O) groups is 2. The minimum absolute atomic E-state index is 0.0485. The van der Waals surface area contributed by atoms with Crippen molar-refractivity contribution in [2.45, 2.75) is 57.3 Å². The van der Waals surface area contributed by atoms with E-state index in [1.54, 1.807) is 6.92 Å². The van der Waals surface area contributed by atoms with Crippen LogP contribution in [-0.4, -0.2) is 62.9 Å². The molecule has 5 atom stereocenters. The summed E-state index contributed by atoms with van der Waals surface area (Å²) in [5.41, 5.74) is 1.56. The smallest absolute Gasteiger partial charge is 0.352 e. The standard InChI is InChI=1S/C17H24N2O5/c1-8(5-10-3-4-11(7-20)18-10)12-6-13-14(9(2)21)16(22)19(13)15(12)17(23)24/h5,9-11,13-14,18,20-21H,3-4,6-7H2,1-2H3,(H,23,24)/b8-5+/t9-,10?,11?,13-,14-/m1/s1. The molecule has 0 aromatic heterocycles. The van der Waals surface area contributed by atoms with Crippen LogP contribution in [-0.2, 0) is 9.59 Å². The van der Waals surface area contributed by atoms with Gasteiger partial charge in [0.05, 0.1) is 24.7 Å². The Bertz CT molecular complexity index is 624. The fourth-order valence-electron chi connectivity index (χ4n) is 4.15. The molecule has 24 heavy (non-hydrogen) atoms. The van der Waals surface area contributed by atoms with Crippen LogP contribution in [0, 0.1) is 5.92 Å². The fourth-order valence-corrected chi connectivity index (χ4v) is 4.15. The van der Waals surface area contributed by atoms with E-state index in [4.69, 9.17) is 0 Å². The Kier molecular flexibility index (Phi) is 4.50. The summed E-state index contributed by atoms with van der Waals surface area (Å²) in [5.74, 6) is -1.94. The lowest BCUT2D eigenvalue weighted by Crippen LogP contribution is -2.61. The van der Waals surface area contributed by atoms with Gasteiger partial charge in [0.15, 0.2) is 0 Å². The van der Waals surface area contributed by atoms with E-state index in [2.05, 4.69) is 5.32 Å². The number of allylic oxidation sites excluding steroid dienone is 1. The maximum Gasteiger partial charge on any atom is 0.352 e. The Hall–Kier alpha value is -1.70. The van der Waals surface area contributed by atoms with Crippen molar-refractivity contribution in [3.05, 3.63) is 22.9 Å². The van der Waals surface area contributed by atoms with Crippen LogP contribution in [0.15, 0.2) is 22.9 Å². The van der Waals surface area contributed by atoms with Gasteiger partial charge < -0.3 is 25.5 Å². The highest BCUT2D eigenvalue weighted by Gasteiger charge is 2.56. The molecule has 0 bridgehead atoms. The maximum atomic E-state index is 12.2. The summed E-state index contributed by atoms with van der Waals surface area (Å²) >= 11 is 0. The molecule has 1 amide bonds. The number of rotatable bonds is 5. The minimum atomic E-state index is -1.11. The first-order chi connectivity index (χ1) is 11.3. The molecule has 2 saturated heterocycles. The van der Waals surface area contributed by atoms with Crippen LogP contribution in [0.2, 0.25) is 0 Å². The van der Waals surface area contributed by atoms with E-state index in [0.717, 1.165) is 18.4 Å². The van der Waals surface area contributed by atoms with Crippen LogP contribution in [0.3, 0.4) is 0 Å². The first-order valence-electron chi connectivity index (χ1n) is 8.38. The fraction of sp³-hybridized carbons (Fsp3) is 0.647. The Balaban J connectivity index is 1.84. The van der Waals surface area contributed by atoms with Crippen molar-refractivity contribution >= 4 is 11.9 Å². The van der Waals surface area contributed by atoms with Gasteiger partial charge in [0.1, 0.15) is 5.70 Å². The summed E-state index contributed by atoms with van der Waals surface area (Å²) in [5, 5.41) is 31.8. The molecule has 3 aliphatic rings. The summed E-state index contributed by atoms with van der Waals surface area (Å²) < 4.78 is 0. The Morgan fingerprint density at radius 3 is 2.71 bits per heavy atom. The molecule has 3 aliphatic heterocycles. The number of β-lactam (4-membered cyclic amide) rings is 1. The number of amides is 1. The molecule has 7 nitrogen and oxygen atoms in total. The third-order valence-electron chi connectivity index (χ3n) is 5.35. The molecule has 0 aliphatic carbocycles. The van der Waals surface area contributed by atoms with E-state index in [9.17, 15) is 24.9 Å². The summed E-state index contributed by atoms with van der Waals surface area (Å²) in [4.78, 5) is 25.2. The van der Waals surface area contributed by atoms with Crippen LogP contribution >= 0.6 is 0 Å². The number of fused-ring (bicyclic) bond motifs is 1. The molecule has 0 saturated carbocycles. The predicted octanol–water partition coefficient (Wildman–Crippen LogP) is -0.00420.